The molecule has 0 heterocycles. The maximum atomic E-state index is 12.0. The molecule has 5 heteroatoms. The van der Waals surface area contributed by atoms with Crippen molar-refractivity contribution >= 4 is 11.7 Å². The molecule has 0 radical (unpaired) electrons. The number of methoxy groups -OCH3 is 2. The maximum absolute atomic E-state index is 12.0. The lowest BCUT2D eigenvalue weighted by molar-refractivity contribution is 0.251. The quantitative estimate of drug-likeness (QED) is 0.413. The van der Waals surface area contributed by atoms with Crippen LogP contribution in [-0.2, 0) is 0 Å². The lowest BCUT2D eigenvalue weighted by Crippen LogP contribution is -2.29. The van der Waals surface area contributed by atoms with Crippen molar-refractivity contribution in [2.24, 2.45) is 0 Å². The molecule has 0 saturated heterocycles. The molecule has 2 N–H and O–H groups in total. The molecule has 2 amide bonds. The normalized spacial score (nSPS) is 10.4. The third-order valence-electron chi connectivity index (χ3n) is 4.47. The molecule has 0 spiro atoms. The van der Waals surface area contributed by atoms with E-state index >= 15 is 0 Å². The van der Waals surface area contributed by atoms with Crippen LogP contribution in [0.4, 0.5) is 10.5 Å². The van der Waals surface area contributed by atoms with Gasteiger partial charge in [0.15, 0.2) is 0 Å². The summed E-state index contributed by atoms with van der Waals surface area (Å²) >= 11 is 0. The molecule has 0 aliphatic carbocycles. The summed E-state index contributed by atoms with van der Waals surface area (Å²) < 4.78 is 10.4. The van der Waals surface area contributed by atoms with Crippen LogP contribution in [-0.4, -0.2) is 26.8 Å². The Morgan fingerprint density at radius 3 is 2.08 bits per heavy atom. The molecule has 26 heavy (non-hydrogen) atoms. The molecule has 1 aromatic rings. The average Bonchev–Trinajstić information content (AvgIpc) is 2.66. The standard InChI is InChI=1S/C21H36N2O3/c1-4-5-6-7-8-9-10-11-12-13-16-22-21(24)23-19-17-18(25-2)14-15-20(19)26-3/h14-15,17H,4-13,16H2,1-3H3,(H2,22,23,24). The maximum Gasteiger partial charge on any atom is 0.319 e. The highest BCUT2D eigenvalue weighted by Gasteiger charge is 2.08. The largest absolute Gasteiger partial charge is 0.497 e. The lowest BCUT2D eigenvalue weighted by atomic mass is 10.1. The number of carbonyl (C=O) groups excluding carboxylic acids is 1. The number of carbonyl (C=O) groups is 1. The van der Waals surface area contributed by atoms with Crippen molar-refractivity contribution < 1.29 is 14.3 Å². The fraction of sp³-hybridized carbons (Fsp3) is 0.667. The van der Waals surface area contributed by atoms with Gasteiger partial charge in [0.2, 0.25) is 0 Å². The van der Waals surface area contributed by atoms with Crippen LogP contribution in [0.5, 0.6) is 11.5 Å². The van der Waals surface area contributed by atoms with E-state index in [9.17, 15) is 4.79 Å². The number of urea groups is 1. The van der Waals surface area contributed by atoms with Crippen LogP contribution >= 0.6 is 0 Å². The van der Waals surface area contributed by atoms with Gasteiger partial charge in [-0.15, -0.1) is 0 Å². The van der Waals surface area contributed by atoms with E-state index in [4.69, 9.17) is 9.47 Å². The molecule has 0 aliphatic rings. The first-order valence-corrected chi connectivity index (χ1v) is 9.98. The van der Waals surface area contributed by atoms with E-state index in [2.05, 4.69) is 17.6 Å². The molecule has 0 bridgehead atoms. The Bertz CT molecular complexity index is 506. The highest BCUT2D eigenvalue weighted by Crippen LogP contribution is 2.28. The van der Waals surface area contributed by atoms with Gasteiger partial charge >= 0.3 is 6.03 Å². The van der Waals surface area contributed by atoms with Crippen molar-refractivity contribution in [3.8, 4) is 11.5 Å². The SMILES string of the molecule is CCCCCCCCCCCCNC(=O)Nc1cc(OC)ccc1OC. The Kier molecular flexibility index (Phi) is 12.2. The van der Waals surface area contributed by atoms with Gasteiger partial charge in [-0.1, -0.05) is 64.7 Å². The van der Waals surface area contributed by atoms with Gasteiger partial charge in [0.1, 0.15) is 11.5 Å². The van der Waals surface area contributed by atoms with Crippen LogP contribution in [0.3, 0.4) is 0 Å². The molecule has 148 valence electrons. The van der Waals surface area contributed by atoms with Gasteiger partial charge in [0.25, 0.3) is 0 Å². The molecule has 0 fully saturated rings. The first kappa shape index (κ1) is 22.1. The second kappa shape index (κ2) is 14.3. The van der Waals surface area contributed by atoms with Gasteiger partial charge < -0.3 is 20.1 Å². The Balaban J connectivity index is 2.10. The van der Waals surface area contributed by atoms with Crippen LogP contribution in [0.25, 0.3) is 0 Å². The highest BCUT2D eigenvalue weighted by atomic mass is 16.5. The second-order valence-electron chi connectivity index (χ2n) is 6.63. The number of hydrogen-bond donors (Lipinski definition) is 2. The number of hydrogen-bond acceptors (Lipinski definition) is 3. The molecule has 1 rings (SSSR count). The molecule has 0 aromatic heterocycles. The van der Waals surface area contributed by atoms with Crippen molar-refractivity contribution in [2.75, 3.05) is 26.1 Å². The zero-order valence-electron chi connectivity index (χ0n) is 16.7. The Morgan fingerprint density at radius 2 is 1.50 bits per heavy atom. The summed E-state index contributed by atoms with van der Waals surface area (Å²) in [6, 6.07) is 5.11. The predicted octanol–water partition coefficient (Wildman–Crippen LogP) is 5.75. The van der Waals surface area contributed by atoms with Gasteiger partial charge in [-0.25, -0.2) is 4.79 Å². The summed E-state index contributed by atoms with van der Waals surface area (Å²) in [5.74, 6) is 1.29. The fourth-order valence-corrected chi connectivity index (χ4v) is 2.89. The minimum atomic E-state index is -0.215. The van der Waals surface area contributed by atoms with E-state index in [0.29, 0.717) is 23.7 Å². The Morgan fingerprint density at radius 1 is 0.885 bits per heavy atom. The van der Waals surface area contributed by atoms with Crippen LogP contribution in [0.2, 0.25) is 0 Å². The minimum absolute atomic E-state index is 0.215. The summed E-state index contributed by atoms with van der Waals surface area (Å²) in [5, 5.41) is 5.72. The van der Waals surface area contributed by atoms with Crippen LogP contribution in [0.1, 0.15) is 71.1 Å². The Hall–Kier alpha value is -1.91. The summed E-state index contributed by atoms with van der Waals surface area (Å²) in [6.07, 6.45) is 12.9. The number of unbranched alkanes of at least 4 members (excludes halogenated alkanes) is 9. The zero-order valence-corrected chi connectivity index (χ0v) is 16.7. The van der Waals surface area contributed by atoms with E-state index in [1.54, 1.807) is 32.4 Å². The summed E-state index contributed by atoms with van der Waals surface area (Å²) in [5.41, 5.74) is 0.604. The van der Waals surface area contributed by atoms with Crippen molar-refractivity contribution in [3.05, 3.63) is 18.2 Å². The molecule has 5 nitrogen and oxygen atoms in total. The van der Waals surface area contributed by atoms with Crippen LogP contribution < -0.4 is 20.1 Å². The monoisotopic (exact) mass is 364 g/mol. The number of anilines is 1. The average molecular weight is 365 g/mol. The third kappa shape index (κ3) is 9.54. The Labute approximate surface area is 158 Å². The first-order valence-electron chi connectivity index (χ1n) is 9.98. The molecular weight excluding hydrogens is 328 g/mol. The molecule has 0 aliphatic heterocycles. The van der Waals surface area contributed by atoms with Crippen molar-refractivity contribution in [2.45, 2.75) is 71.1 Å². The van der Waals surface area contributed by atoms with E-state index in [0.717, 1.165) is 12.8 Å². The molecular formula is C21H36N2O3. The van der Waals surface area contributed by atoms with Crippen LogP contribution in [0.15, 0.2) is 18.2 Å². The summed E-state index contributed by atoms with van der Waals surface area (Å²) in [4.78, 5) is 12.0. The van der Waals surface area contributed by atoms with Crippen molar-refractivity contribution in [3.63, 3.8) is 0 Å². The number of benzene rings is 1. The molecule has 0 atom stereocenters. The number of nitrogens with one attached hydrogen (secondary N) is 2. The van der Waals surface area contributed by atoms with Gasteiger partial charge in [0.05, 0.1) is 19.9 Å². The van der Waals surface area contributed by atoms with E-state index in [-0.39, 0.29) is 6.03 Å². The second-order valence-corrected chi connectivity index (χ2v) is 6.63. The highest BCUT2D eigenvalue weighted by molar-refractivity contribution is 5.91. The van der Waals surface area contributed by atoms with Crippen molar-refractivity contribution in [1.29, 1.82) is 0 Å². The molecule has 0 saturated carbocycles. The van der Waals surface area contributed by atoms with Gasteiger partial charge in [-0.2, -0.15) is 0 Å². The number of ether oxygens (including phenoxy) is 2. The van der Waals surface area contributed by atoms with Gasteiger partial charge in [-0.05, 0) is 18.6 Å². The van der Waals surface area contributed by atoms with E-state index < -0.39 is 0 Å². The minimum Gasteiger partial charge on any atom is -0.497 e. The summed E-state index contributed by atoms with van der Waals surface area (Å²) in [7, 11) is 3.17. The summed E-state index contributed by atoms with van der Waals surface area (Å²) in [6.45, 7) is 2.94. The molecule has 1 aromatic carbocycles. The number of amides is 2. The first-order chi connectivity index (χ1) is 12.7. The smallest absolute Gasteiger partial charge is 0.319 e. The topological polar surface area (TPSA) is 59.6 Å². The van der Waals surface area contributed by atoms with E-state index in [1.165, 1.54) is 51.4 Å². The number of rotatable bonds is 14. The van der Waals surface area contributed by atoms with E-state index in [1.807, 2.05) is 0 Å². The fourth-order valence-electron chi connectivity index (χ4n) is 2.89. The van der Waals surface area contributed by atoms with Gasteiger partial charge in [-0.3, -0.25) is 0 Å². The lowest BCUT2D eigenvalue weighted by Gasteiger charge is -2.12. The molecule has 0 unspecified atom stereocenters. The zero-order chi connectivity index (χ0) is 19.0. The van der Waals surface area contributed by atoms with Crippen molar-refractivity contribution in [1.82, 2.24) is 5.32 Å². The van der Waals surface area contributed by atoms with Crippen LogP contribution in [0, 0.1) is 0 Å². The van der Waals surface area contributed by atoms with Gasteiger partial charge in [0, 0.05) is 12.6 Å². The predicted molar refractivity (Wildman–Crippen MR) is 108 cm³/mol. The third-order valence-corrected chi connectivity index (χ3v) is 4.47.